The van der Waals surface area contributed by atoms with Gasteiger partial charge in [-0.3, -0.25) is 0 Å². The Hall–Kier alpha value is -0.860. The molecule has 1 heterocycles. The van der Waals surface area contributed by atoms with Crippen LogP contribution < -0.4 is 0 Å². The standard InChI is InChI=1S/C7H11N3/c1-5-8-9-7(10(5)2)6-3-4-6/h6H,3-4H2,1-2H3. The molecule has 1 saturated carbocycles. The van der Waals surface area contributed by atoms with E-state index in [4.69, 9.17) is 0 Å². The zero-order valence-electron chi connectivity index (χ0n) is 6.33. The van der Waals surface area contributed by atoms with Crippen molar-refractivity contribution in [2.45, 2.75) is 25.7 Å². The minimum absolute atomic E-state index is 0.714. The summed E-state index contributed by atoms with van der Waals surface area (Å²) in [6.07, 6.45) is 2.60. The van der Waals surface area contributed by atoms with Crippen molar-refractivity contribution >= 4 is 0 Å². The van der Waals surface area contributed by atoms with E-state index in [1.54, 1.807) is 0 Å². The molecule has 1 aromatic rings. The molecule has 3 heteroatoms. The molecule has 0 radical (unpaired) electrons. The molecule has 0 aliphatic heterocycles. The van der Waals surface area contributed by atoms with Crippen LogP contribution in [0.2, 0.25) is 0 Å². The minimum atomic E-state index is 0.714. The molecular weight excluding hydrogens is 126 g/mol. The average Bonchev–Trinajstić information content (AvgIpc) is 2.67. The third-order valence-electron chi connectivity index (χ3n) is 2.07. The maximum Gasteiger partial charge on any atom is 0.135 e. The van der Waals surface area contributed by atoms with Crippen LogP contribution in [0.5, 0.6) is 0 Å². The van der Waals surface area contributed by atoms with Crippen LogP contribution in [-0.2, 0) is 7.05 Å². The fraction of sp³-hybridized carbons (Fsp3) is 0.714. The Morgan fingerprint density at radius 3 is 2.50 bits per heavy atom. The smallest absolute Gasteiger partial charge is 0.135 e. The summed E-state index contributed by atoms with van der Waals surface area (Å²) in [7, 11) is 2.03. The SMILES string of the molecule is Cc1nnc(C2CC2)n1C. The number of hydrogen-bond acceptors (Lipinski definition) is 2. The Kier molecular flexibility index (Phi) is 1.07. The van der Waals surface area contributed by atoms with E-state index >= 15 is 0 Å². The van der Waals surface area contributed by atoms with Gasteiger partial charge in [0.15, 0.2) is 0 Å². The van der Waals surface area contributed by atoms with Crippen molar-refractivity contribution in [2.75, 3.05) is 0 Å². The predicted molar refractivity (Wildman–Crippen MR) is 37.7 cm³/mol. The van der Waals surface area contributed by atoms with Crippen molar-refractivity contribution in [1.82, 2.24) is 14.8 Å². The van der Waals surface area contributed by atoms with Crippen LogP contribution in [0.1, 0.15) is 30.4 Å². The fourth-order valence-electron chi connectivity index (χ4n) is 1.12. The summed E-state index contributed by atoms with van der Waals surface area (Å²) in [5, 5.41) is 8.08. The maximum atomic E-state index is 4.09. The van der Waals surface area contributed by atoms with Crippen LogP contribution in [0.3, 0.4) is 0 Å². The summed E-state index contributed by atoms with van der Waals surface area (Å²) < 4.78 is 2.08. The third-order valence-corrected chi connectivity index (χ3v) is 2.07. The molecule has 0 unspecified atom stereocenters. The van der Waals surface area contributed by atoms with Crippen LogP contribution >= 0.6 is 0 Å². The van der Waals surface area contributed by atoms with E-state index < -0.39 is 0 Å². The Morgan fingerprint density at radius 1 is 1.40 bits per heavy atom. The molecule has 10 heavy (non-hydrogen) atoms. The van der Waals surface area contributed by atoms with Gasteiger partial charge < -0.3 is 4.57 Å². The first kappa shape index (κ1) is 5.89. The third kappa shape index (κ3) is 0.735. The molecule has 0 atom stereocenters. The summed E-state index contributed by atoms with van der Waals surface area (Å²) in [6.45, 7) is 1.98. The largest absolute Gasteiger partial charge is 0.318 e. The van der Waals surface area contributed by atoms with Crippen molar-refractivity contribution in [1.29, 1.82) is 0 Å². The Morgan fingerprint density at radius 2 is 2.10 bits per heavy atom. The molecule has 1 aliphatic rings. The highest BCUT2D eigenvalue weighted by Crippen LogP contribution is 2.38. The molecule has 2 rings (SSSR count). The van der Waals surface area contributed by atoms with Gasteiger partial charge in [0.1, 0.15) is 11.6 Å². The molecule has 54 valence electrons. The number of aromatic nitrogens is 3. The average molecular weight is 137 g/mol. The fourth-order valence-corrected chi connectivity index (χ4v) is 1.12. The van der Waals surface area contributed by atoms with Gasteiger partial charge in [-0.05, 0) is 19.8 Å². The first-order valence-corrected chi connectivity index (χ1v) is 3.65. The molecule has 0 bridgehead atoms. The number of rotatable bonds is 1. The predicted octanol–water partition coefficient (Wildman–Crippen LogP) is 1.00. The van der Waals surface area contributed by atoms with E-state index in [1.807, 2.05) is 14.0 Å². The summed E-state index contributed by atoms with van der Waals surface area (Å²) in [5.41, 5.74) is 0. The molecule has 1 aliphatic carbocycles. The second kappa shape index (κ2) is 1.81. The van der Waals surface area contributed by atoms with Gasteiger partial charge >= 0.3 is 0 Å². The van der Waals surface area contributed by atoms with Crippen LogP contribution in [0.25, 0.3) is 0 Å². The monoisotopic (exact) mass is 137 g/mol. The van der Waals surface area contributed by atoms with Gasteiger partial charge in [0.25, 0.3) is 0 Å². The van der Waals surface area contributed by atoms with Gasteiger partial charge in [0, 0.05) is 13.0 Å². The van der Waals surface area contributed by atoms with Crippen LogP contribution in [0, 0.1) is 6.92 Å². The minimum Gasteiger partial charge on any atom is -0.318 e. The molecule has 0 N–H and O–H groups in total. The summed E-state index contributed by atoms with van der Waals surface area (Å²) in [6, 6.07) is 0. The Labute approximate surface area is 60.1 Å². The number of nitrogens with zero attached hydrogens (tertiary/aromatic N) is 3. The van der Waals surface area contributed by atoms with Crippen molar-refractivity contribution in [3.8, 4) is 0 Å². The molecule has 1 fully saturated rings. The molecule has 1 aromatic heterocycles. The van der Waals surface area contributed by atoms with Crippen molar-refractivity contribution in [2.24, 2.45) is 7.05 Å². The van der Waals surface area contributed by atoms with Gasteiger partial charge in [-0.25, -0.2) is 0 Å². The highest BCUT2D eigenvalue weighted by atomic mass is 15.3. The zero-order chi connectivity index (χ0) is 7.14. The van der Waals surface area contributed by atoms with Gasteiger partial charge in [-0.2, -0.15) is 0 Å². The highest BCUT2D eigenvalue weighted by molar-refractivity contribution is 5.06. The molecule has 0 amide bonds. The molecule has 0 spiro atoms. The lowest BCUT2D eigenvalue weighted by Crippen LogP contribution is -1.96. The summed E-state index contributed by atoms with van der Waals surface area (Å²) >= 11 is 0. The van der Waals surface area contributed by atoms with Crippen molar-refractivity contribution < 1.29 is 0 Å². The zero-order valence-corrected chi connectivity index (χ0v) is 6.33. The van der Waals surface area contributed by atoms with Gasteiger partial charge in [0.05, 0.1) is 0 Å². The van der Waals surface area contributed by atoms with E-state index in [0.29, 0.717) is 5.92 Å². The lowest BCUT2D eigenvalue weighted by molar-refractivity contribution is 0.778. The summed E-state index contributed by atoms with van der Waals surface area (Å²) in [4.78, 5) is 0. The van der Waals surface area contributed by atoms with Gasteiger partial charge in [-0.15, -0.1) is 10.2 Å². The van der Waals surface area contributed by atoms with Crippen LogP contribution in [0.4, 0.5) is 0 Å². The number of hydrogen-bond donors (Lipinski definition) is 0. The molecule has 3 nitrogen and oxygen atoms in total. The van der Waals surface area contributed by atoms with Crippen molar-refractivity contribution in [3.63, 3.8) is 0 Å². The normalized spacial score (nSPS) is 17.8. The van der Waals surface area contributed by atoms with Crippen molar-refractivity contribution in [3.05, 3.63) is 11.6 Å². The first-order chi connectivity index (χ1) is 4.79. The molecule has 0 aromatic carbocycles. The Balaban J connectivity index is 2.40. The van der Waals surface area contributed by atoms with E-state index in [-0.39, 0.29) is 0 Å². The molecular formula is C7H11N3. The molecule has 0 saturated heterocycles. The topological polar surface area (TPSA) is 30.7 Å². The quantitative estimate of drug-likeness (QED) is 0.578. The Bertz CT molecular complexity index is 247. The lowest BCUT2D eigenvalue weighted by atomic mass is 10.4. The van der Waals surface area contributed by atoms with Gasteiger partial charge in [-0.1, -0.05) is 0 Å². The maximum absolute atomic E-state index is 4.09. The number of aryl methyl sites for hydroxylation is 1. The van der Waals surface area contributed by atoms with Crippen LogP contribution in [-0.4, -0.2) is 14.8 Å². The van der Waals surface area contributed by atoms with E-state index in [9.17, 15) is 0 Å². The second-order valence-electron chi connectivity index (χ2n) is 2.94. The van der Waals surface area contributed by atoms with Gasteiger partial charge in [0.2, 0.25) is 0 Å². The van der Waals surface area contributed by atoms with E-state index in [1.165, 1.54) is 12.8 Å². The summed E-state index contributed by atoms with van der Waals surface area (Å²) in [5.74, 6) is 2.89. The highest BCUT2D eigenvalue weighted by Gasteiger charge is 2.28. The van der Waals surface area contributed by atoms with Crippen LogP contribution in [0.15, 0.2) is 0 Å². The lowest BCUT2D eigenvalue weighted by Gasteiger charge is -1.96. The van der Waals surface area contributed by atoms with E-state index in [0.717, 1.165) is 11.6 Å². The second-order valence-corrected chi connectivity index (χ2v) is 2.94. The van der Waals surface area contributed by atoms with E-state index in [2.05, 4.69) is 14.8 Å². The first-order valence-electron chi connectivity index (χ1n) is 3.65.